The average molecular weight is 521 g/mol. The Labute approximate surface area is 225 Å². The van der Waals surface area contributed by atoms with Crippen molar-refractivity contribution in [3.8, 4) is 0 Å². The Morgan fingerprint density at radius 2 is 1.66 bits per heavy atom. The molecule has 2 N–H and O–H groups in total. The highest BCUT2D eigenvalue weighted by Gasteiger charge is 2.33. The fourth-order valence-electron chi connectivity index (χ4n) is 5.22. The number of nitrogens with one attached hydrogen (secondary N) is 2. The Kier molecular flexibility index (Phi) is 8.29. The molecule has 38 heavy (non-hydrogen) atoms. The van der Waals surface area contributed by atoms with Gasteiger partial charge in [0.05, 0.1) is 6.04 Å². The van der Waals surface area contributed by atoms with Crippen LogP contribution < -0.4 is 15.5 Å². The second-order valence-electron chi connectivity index (χ2n) is 11.3. The van der Waals surface area contributed by atoms with Crippen LogP contribution in [0.1, 0.15) is 82.3 Å². The Balaban J connectivity index is 1.34. The summed E-state index contributed by atoms with van der Waals surface area (Å²) in [5.41, 5.74) is 3.07. The molecular weight excluding hydrogens is 480 g/mol. The maximum atomic E-state index is 12.9. The van der Waals surface area contributed by atoms with Crippen LogP contribution in [0.5, 0.6) is 0 Å². The van der Waals surface area contributed by atoms with E-state index in [1.807, 2.05) is 75.1 Å². The van der Waals surface area contributed by atoms with Crippen LogP contribution in [0, 0.1) is 0 Å². The van der Waals surface area contributed by atoms with E-state index in [1.54, 1.807) is 4.90 Å². The summed E-state index contributed by atoms with van der Waals surface area (Å²) in [6, 6.07) is 15.8. The van der Waals surface area contributed by atoms with E-state index in [2.05, 4.69) is 23.6 Å². The molecule has 2 aromatic carbocycles. The van der Waals surface area contributed by atoms with Crippen LogP contribution in [0.3, 0.4) is 0 Å². The first kappa shape index (κ1) is 27.5. The predicted octanol–water partition coefficient (Wildman–Crippen LogP) is 5.50. The van der Waals surface area contributed by atoms with Crippen molar-refractivity contribution in [1.82, 2.24) is 10.2 Å². The largest absolute Gasteiger partial charge is 0.444 e. The molecule has 1 saturated heterocycles. The van der Waals surface area contributed by atoms with Gasteiger partial charge >= 0.3 is 6.09 Å². The van der Waals surface area contributed by atoms with E-state index in [4.69, 9.17) is 4.74 Å². The van der Waals surface area contributed by atoms with Gasteiger partial charge in [0.2, 0.25) is 5.91 Å². The summed E-state index contributed by atoms with van der Waals surface area (Å²) >= 11 is 0. The molecule has 1 fully saturated rings. The van der Waals surface area contributed by atoms with Crippen molar-refractivity contribution < 1.29 is 19.1 Å². The minimum Gasteiger partial charge on any atom is -0.444 e. The zero-order valence-electron chi connectivity index (χ0n) is 23.1. The maximum Gasteiger partial charge on any atom is 0.410 e. The van der Waals surface area contributed by atoms with Gasteiger partial charge in [-0.2, -0.15) is 0 Å². The smallest absolute Gasteiger partial charge is 0.410 e. The lowest BCUT2D eigenvalue weighted by molar-refractivity contribution is -0.118. The Morgan fingerprint density at radius 1 is 1.00 bits per heavy atom. The number of ether oxygens (including phenoxy) is 1. The second-order valence-corrected chi connectivity index (χ2v) is 11.3. The van der Waals surface area contributed by atoms with Crippen molar-refractivity contribution in [1.29, 1.82) is 0 Å². The van der Waals surface area contributed by atoms with Crippen molar-refractivity contribution in [3.63, 3.8) is 0 Å². The summed E-state index contributed by atoms with van der Waals surface area (Å²) < 4.78 is 5.45. The molecule has 8 nitrogen and oxygen atoms in total. The van der Waals surface area contributed by atoms with E-state index in [9.17, 15) is 14.4 Å². The van der Waals surface area contributed by atoms with Gasteiger partial charge in [-0.1, -0.05) is 25.1 Å². The number of para-hydroxylation sites is 1. The number of carbonyl (C=O) groups is 3. The van der Waals surface area contributed by atoms with Gasteiger partial charge in [0.25, 0.3) is 5.91 Å². The van der Waals surface area contributed by atoms with Crippen LogP contribution in [-0.2, 0) is 9.53 Å². The van der Waals surface area contributed by atoms with Crippen LogP contribution in [0.15, 0.2) is 48.5 Å². The Bertz CT molecular complexity index is 1150. The molecule has 0 spiro atoms. The van der Waals surface area contributed by atoms with Crippen molar-refractivity contribution in [2.24, 2.45) is 0 Å². The van der Waals surface area contributed by atoms with Crippen LogP contribution in [0.25, 0.3) is 0 Å². The number of hydrogen-bond acceptors (Lipinski definition) is 5. The number of amides is 3. The lowest BCUT2D eigenvalue weighted by Crippen LogP contribution is -2.47. The number of piperidine rings is 1. The van der Waals surface area contributed by atoms with Crippen molar-refractivity contribution in [2.45, 2.75) is 84.0 Å². The summed E-state index contributed by atoms with van der Waals surface area (Å²) in [4.78, 5) is 41.4. The van der Waals surface area contributed by atoms with Gasteiger partial charge in [-0.05, 0) is 82.9 Å². The standard InChI is InChI=1S/C30H40N4O4/c1-6-27(35)34-20(2)19-25(24-9-7-8-10-26(24)34)31-22-13-11-21(12-14-22)28(36)32-23-15-17-33(18-16-23)29(37)38-30(3,4)5/h7-14,20,23,25,31H,6,15-19H2,1-5H3,(H,32,36)/t20-,25+/m0/s1. The van der Waals surface area contributed by atoms with E-state index in [0.29, 0.717) is 37.9 Å². The fourth-order valence-corrected chi connectivity index (χ4v) is 5.22. The van der Waals surface area contributed by atoms with Gasteiger partial charge in [0.15, 0.2) is 0 Å². The zero-order valence-corrected chi connectivity index (χ0v) is 23.1. The van der Waals surface area contributed by atoms with Crippen LogP contribution in [0.2, 0.25) is 0 Å². The molecule has 0 saturated carbocycles. The zero-order chi connectivity index (χ0) is 27.4. The summed E-state index contributed by atoms with van der Waals surface area (Å²) in [5.74, 6) is 0.0203. The predicted molar refractivity (Wildman–Crippen MR) is 149 cm³/mol. The molecule has 2 heterocycles. The maximum absolute atomic E-state index is 12.9. The average Bonchev–Trinajstić information content (AvgIpc) is 2.88. The van der Waals surface area contributed by atoms with Crippen molar-refractivity contribution in [2.75, 3.05) is 23.3 Å². The molecule has 0 unspecified atom stereocenters. The Hall–Kier alpha value is -3.55. The molecule has 2 aliphatic heterocycles. The molecule has 2 aliphatic rings. The van der Waals surface area contributed by atoms with E-state index < -0.39 is 5.60 Å². The van der Waals surface area contributed by atoms with Crippen LogP contribution in [0.4, 0.5) is 16.2 Å². The molecule has 204 valence electrons. The third-order valence-corrected chi connectivity index (χ3v) is 7.13. The summed E-state index contributed by atoms with van der Waals surface area (Å²) in [5, 5.41) is 6.71. The van der Waals surface area contributed by atoms with E-state index in [0.717, 1.165) is 23.4 Å². The van der Waals surface area contributed by atoms with Crippen molar-refractivity contribution >= 4 is 29.3 Å². The van der Waals surface area contributed by atoms with E-state index in [-0.39, 0.29) is 36.0 Å². The fraction of sp³-hybridized carbons (Fsp3) is 0.500. The molecule has 3 amide bonds. The summed E-state index contributed by atoms with van der Waals surface area (Å²) in [7, 11) is 0. The number of carbonyl (C=O) groups excluding carboxylic acids is 3. The van der Waals surface area contributed by atoms with Gasteiger partial charge in [0, 0.05) is 48.5 Å². The van der Waals surface area contributed by atoms with Crippen LogP contribution in [-0.4, -0.2) is 53.6 Å². The van der Waals surface area contributed by atoms with E-state index in [1.165, 1.54) is 0 Å². The molecule has 2 atom stereocenters. The highest BCUT2D eigenvalue weighted by molar-refractivity contribution is 5.96. The minimum atomic E-state index is -0.518. The number of benzene rings is 2. The SMILES string of the molecule is CCC(=O)N1c2ccccc2[C@H](Nc2ccc(C(=O)NC3CCN(C(=O)OC(C)(C)C)CC3)cc2)C[C@@H]1C. The lowest BCUT2D eigenvalue weighted by atomic mass is 9.91. The normalized spacial score (nSPS) is 19.9. The second kappa shape index (κ2) is 11.5. The highest BCUT2D eigenvalue weighted by Crippen LogP contribution is 2.39. The molecule has 0 radical (unpaired) electrons. The molecule has 2 aromatic rings. The summed E-state index contributed by atoms with van der Waals surface area (Å²) in [6.07, 6.45) is 2.36. The first-order valence-corrected chi connectivity index (χ1v) is 13.6. The van der Waals surface area contributed by atoms with E-state index >= 15 is 0 Å². The topological polar surface area (TPSA) is 91.0 Å². The van der Waals surface area contributed by atoms with Crippen LogP contribution >= 0.6 is 0 Å². The number of nitrogens with zero attached hydrogens (tertiary/aromatic N) is 2. The third-order valence-electron chi connectivity index (χ3n) is 7.13. The highest BCUT2D eigenvalue weighted by atomic mass is 16.6. The quantitative estimate of drug-likeness (QED) is 0.543. The van der Waals surface area contributed by atoms with Gasteiger partial charge in [-0.25, -0.2) is 4.79 Å². The molecular formula is C30H40N4O4. The molecule has 0 aliphatic carbocycles. The molecule has 4 rings (SSSR count). The minimum absolute atomic E-state index is 0.0213. The van der Waals surface area contributed by atoms with Gasteiger partial charge in [0.1, 0.15) is 5.60 Å². The summed E-state index contributed by atoms with van der Waals surface area (Å²) in [6.45, 7) is 10.7. The number of likely N-dealkylation sites (tertiary alicyclic amines) is 1. The Morgan fingerprint density at radius 3 is 2.29 bits per heavy atom. The lowest BCUT2D eigenvalue weighted by Gasteiger charge is -2.40. The molecule has 0 bridgehead atoms. The molecule has 0 aromatic heterocycles. The number of rotatable bonds is 5. The molecule has 8 heteroatoms. The van der Waals surface area contributed by atoms with Crippen molar-refractivity contribution in [3.05, 3.63) is 59.7 Å². The van der Waals surface area contributed by atoms with Gasteiger partial charge in [-0.15, -0.1) is 0 Å². The first-order valence-electron chi connectivity index (χ1n) is 13.6. The third kappa shape index (κ3) is 6.47. The number of fused-ring (bicyclic) bond motifs is 1. The monoisotopic (exact) mass is 520 g/mol. The number of anilines is 2. The van der Waals surface area contributed by atoms with Gasteiger partial charge in [-0.3, -0.25) is 9.59 Å². The number of hydrogen-bond donors (Lipinski definition) is 2. The first-order chi connectivity index (χ1) is 18.1. The van der Waals surface area contributed by atoms with Gasteiger partial charge < -0.3 is 25.2 Å².